The Kier molecular flexibility index (Phi) is 14.3. The number of likely N-dealkylation sites (N-methyl/N-ethyl adjacent to an activating group) is 1. The molecule has 0 aliphatic carbocycles. The number of carboxylic acid groups (broad SMARTS) is 2. The van der Waals surface area contributed by atoms with Crippen LogP contribution in [0.1, 0.15) is 11.1 Å². The number of rotatable bonds is 11. The van der Waals surface area contributed by atoms with E-state index in [2.05, 4.69) is 42.0 Å². The first-order valence-electron chi connectivity index (χ1n) is 13.0. The molecule has 3 rings (SSSR count). The smallest absolute Gasteiger partial charge is 0.328 e. The number of benzene rings is 2. The highest BCUT2D eigenvalue weighted by Crippen LogP contribution is 2.10. The third kappa shape index (κ3) is 12.4. The number of aliphatic carboxylic acids is 2. The van der Waals surface area contributed by atoms with Crippen LogP contribution in [0.25, 0.3) is 0 Å². The molecule has 2 aromatic carbocycles. The molecule has 2 aromatic rings. The molecule has 0 bridgehead atoms. The van der Waals surface area contributed by atoms with E-state index in [1.54, 1.807) is 4.90 Å². The average Bonchev–Trinajstić information content (AvgIpc) is 2.95. The quantitative estimate of drug-likeness (QED) is 0.241. The van der Waals surface area contributed by atoms with E-state index >= 15 is 0 Å². The fourth-order valence-corrected chi connectivity index (χ4v) is 4.27. The number of hydrogen-bond donors (Lipinski definition) is 4. The highest BCUT2D eigenvalue weighted by molar-refractivity contribution is 7.80. The van der Waals surface area contributed by atoms with Gasteiger partial charge in [-0.3, -0.25) is 4.79 Å². The zero-order valence-corrected chi connectivity index (χ0v) is 23.6. The average molecular weight is 571 g/mol. The van der Waals surface area contributed by atoms with Gasteiger partial charge in [-0.05, 0) is 24.6 Å². The Morgan fingerprint density at radius 1 is 0.875 bits per heavy atom. The number of amides is 3. The van der Waals surface area contributed by atoms with E-state index < -0.39 is 18.0 Å². The van der Waals surface area contributed by atoms with Crippen LogP contribution in [0.3, 0.4) is 0 Å². The fourth-order valence-electron chi connectivity index (χ4n) is 4.02. The van der Waals surface area contributed by atoms with Crippen molar-refractivity contribution >= 4 is 36.5 Å². The largest absolute Gasteiger partial charge is 0.478 e. The van der Waals surface area contributed by atoms with Crippen LogP contribution < -0.4 is 5.32 Å². The Morgan fingerprint density at radius 3 is 1.90 bits per heavy atom. The summed E-state index contributed by atoms with van der Waals surface area (Å²) in [7, 11) is 2.06. The van der Waals surface area contributed by atoms with Crippen LogP contribution in [0.2, 0.25) is 0 Å². The summed E-state index contributed by atoms with van der Waals surface area (Å²) in [6.45, 7) is 4.18. The highest BCUT2D eigenvalue weighted by atomic mass is 32.1. The zero-order valence-electron chi connectivity index (χ0n) is 22.7. The molecule has 216 valence electrons. The van der Waals surface area contributed by atoms with Crippen LogP contribution in [-0.4, -0.2) is 107 Å². The van der Waals surface area contributed by atoms with Gasteiger partial charge in [-0.25, -0.2) is 14.4 Å². The Bertz CT molecular complexity index is 1090. The summed E-state index contributed by atoms with van der Waals surface area (Å²) in [5, 5.41) is 18.7. The molecular formula is C29H38N4O6S. The van der Waals surface area contributed by atoms with E-state index in [1.807, 2.05) is 53.4 Å². The number of carbonyl (C=O) groups excluding carboxylic acids is 2. The van der Waals surface area contributed by atoms with Gasteiger partial charge in [-0.2, -0.15) is 12.6 Å². The Balaban J connectivity index is 0.000000611. The first-order chi connectivity index (χ1) is 19.2. The monoisotopic (exact) mass is 570 g/mol. The maximum Gasteiger partial charge on any atom is 0.328 e. The number of carbonyl (C=O) groups is 4. The van der Waals surface area contributed by atoms with Gasteiger partial charge in [0.2, 0.25) is 5.91 Å². The van der Waals surface area contributed by atoms with Crippen molar-refractivity contribution in [3.63, 3.8) is 0 Å². The van der Waals surface area contributed by atoms with Crippen LogP contribution in [0, 0.1) is 0 Å². The minimum atomic E-state index is -1.26. The van der Waals surface area contributed by atoms with Crippen molar-refractivity contribution in [2.45, 2.75) is 18.9 Å². The van der Waals surface area contributed by atoms with E-state index in [1.165, 1.54) is 5.56 Å². The van der Waals surface area contributed by atoms with E-state index in [-0.39, 0.29) is 11.9 Å². The second-order valence-electron chi connectivity index (χ2n) is 9.28. The Hall–Kier alpha value is -3.83. The molecule has 0 spiro atoms. The van der Waals surface area contributed by atoms with Gasteiger partial charge in [-0.1, -0.05) is 60.7 Å². The minimum Gasteiger partial charge on any atom is -0.478 e. The van der Waals surface area contributed by atoms with Crippen LogP contribution >= 0.6 is 12.6 Å². The molecule has 0 saturated carbocycles. The lowest BCUT2D eigenvalue weighted by Gasteiger charge is -2.35. The summed E-state index contributed by atoms with van der Waals surface area (Å²) in [5.74, 6) is -1.96. The van der Waals surface area contributed by atoms with Gasteiger partial charge in [0.25, 0.3) is 0 Å². The molecule has 3 amide bonds. The van der Waals surface area contributed by atoms with Crippen molar-refractivity contribution < 1.29 is 29.4 Å². The van der Waals surface area contributed by atoms with Crippen molar-refractivity contribution in [2.24, 2.45) is 0 Å². The van der Waals surface area contributed by atoms with Crippen LogP contribution in [0.5, 0.6) is 0 Å². The molecule has 10 nitrogen and oxygen atoms in total. The molecular weight excluding hydrogens is 532 g/mol. The first-order valence-corrected chi connectivity index (χ1v) is 13.7. The Morgan fingerprint density at radius 2 is 1.40 bits per heavy atom. The zero-order chi connectivity index (χ0) is 29.3. The highest BCUT2D eigenvalue weighted by Gasteiger charge is 2.29. The van der Waals surface area contributed by atoms with Gasteiger partial charge in [0.15, 0.2) is 0 Å². The van der Waals surface area contributed by atoms with E-state index in [0.717, 1.165) is 25.1 Å². The van der Waals surface area contributed by atoms with Gasteiger partial charge in [0.05, 0.1) is 0 Å². The Labute approximate surface area is 240 Å². The summed E-state index contributed by atoms with van der Waals surface area (Å²) in [6, 6.07) is 19.2. The number of urea groups is 1. The van der Waals surface area contributed by atoms with Gasteiger partial charge in [0, 0.05) is 63.6 Å². The number of nitrogens with zero attached hydrogens (tertiary/aromatic N) is 3. The molecule has 1 aliphatic heterocycles. The molecule has 0 aromatic heterocycles. The lowest BCUT2D eigenvalue weighted by Crippen LogP contribution is -2.57. The van der Waals surface area contributed by atoms with Gasteiger partial charge in [-0.15, -0.1) is 0 Å². The second kappa shape index (κ2) is 17.7. The van der Waals surface area contributed by atoms with E-state index in [0.29, 0.717) is 50.5 Å². The number of piperazine rings is 1. The van der Waals surface area contributed by atoms with E-state index in [4.69, 9.17) is 10.2 Å². The number of carboxylic acids is 2. The topological polar surface area (TPSA) is 130 Å². The van der Waals surface area contributed by atoms with Crippen molar-refractivity contribution in [1.82, 2.24) is 20.0 Å². The maximum absolute atomic E-state index is 13.4. The SMILES string of the molecule is CN1CCN(C(=O)[C@H](Cc2ccccc2)NC(=O)N(CCS)CCc2ccccc2)CC1.O=C(O)/C=C/C(=O)O. The number of thiol groups is 1. The van der Waals surface area contributed by atoms with Crippen molar-refractivity contribution in [3.8, 4) is 0 Å². The normalized spacial score (nSPS) is 14.1. The molecule has 1 atom stereocenters. The third-order valence-corrected chi connectivity index (χ3v) is 6.43. The van der Waals surface area contributed by atoms with Crippen molar-refractivity contribution in [1.29, 1.82) is 0 Å². The van der Waals surface area contributed by atoms with Crippen molar-refractivity contribution in [2.75, 3.05) is 52.1 Å². The minimum absolute atomic E-state index is 0.0100. The second-order valence-corrected chi connectivity index (χ2v) is 9.72. The van der Waals surface area contributed by atoms with Gasteiger partial charge in [0.1, 0.15) is 6.04 Å². The number of hydrogen-bond acceptors (Lipinski definition) is 6. The van der Waals surface area contributed by atoms with Crippen molar-refractivity contribution in [3.05, 3.63) is 83.9 Å². The molecule has 1 heterocycles. The van der Waals surface area contributed by atoms with Gasteiger partial charge >= 0.3 is 18.0 Å². The maximum atomic E-state index is 13.4. The molecule has 0 unspecified atom stereocenters. The molecule has 1 saturated heterocycles. The van der Waals surface area contributed by atoms with Crippen LogP contribution in [0.15, 0.2) is 72.8 Å². The lowest BCUT2D eigenvalue weighted by molar-refractivity contribution is -0.135. The lowest BCUT2D eigenvalue weighted by atomic mass is 10.0. The molecule has 1 fully saturated rings. The predicted molar refractivity (Wildman–Crippen MR) is 157 cm³/mol. The molecule has 0 radical (unpaired) electrons. The summed E-state index contributed by atoms with van der Waals surface area (Å²) in [4.78, 5) is 51.5. The first kappa shape index (κ1) is 32.4. The van der Waals surface area contributed by atoms with E-state index in [9.17, 15) is 19.2 Å². The van der Waals surface area contributed by atoms with Crippen LogP contribution in [0.4, 0.5) is 4.79 Å². The van der Waals surface area contributed by atoms with Crippen LogP contribution in [-0.2, 0) is 27.2 Å². The summed E-state index contributed by atoms with van der Waals surface area (Å²) in [6.07, 6.45) is 2.35. The molecule has 11 heteroatoms. The molecule has 40 heavy (non-hydrogen) atoms. The fraction of sp³-hybridized carbons (Fsp3) is 0.379. The standard InChI is InChI=1S/C25H34N4O2S.C4H4O4/c1-27-14-16-28(17-15-27)24(30)23(20-22-10-6-3-7-11-22)26-25(31)29(18-19-32)13-12-21-8-4-2-5-9-21;5-3(6)1-2-4(7)8/h2-11,23,32H,12-20H2,1H3,(H,26,31);1-2H,(H,5,6)(H,7,8)/b;2-1+/t23-;/m0./s1. The summed E-state index contributed by atoms with van der Waals surface area (Å²) < 4.78 is 0. The predicted octanol–water partition coefficient (Wildman–Crippen LogP) is 2.27. The third-order valence-electron chi connectivity index (χ3n) is 6.23. The molecule has 3 N–H and O–H groups in total. The summed E-state index contributed by atoms with van der Waals surface area (Å²) >= 11 is 4.34. The number of nitrogens with one attached hydrogen (secondary N) is 1. The summed E-state index contributed by atoms with van der Waals surface area (Å²) in [5.41, 5.74) is 2.21. The van der Waals surface area contributed by atoms with Gasteiger partial charge < -0.3 is 30.2 Å². The molecule has 1 aliphatic rings.